The van der Waals surface area contributed by atoms with Crippen LogP contribution in [0.25, 0.3) is 0 Å². The Bertz CT molecular complexity index is 825. The van der Waals surface area contributed by atoms with E-state index in [1.54, 1.807) is 5.57 Å². The Kier molecular flexibility index (Phi) is 6.66. The fourth-order valence-corrected chi connectivity index (χ4v) is 10.1. The van der Waals surface area contributed by atoms with Gasteiger partial charge in [-0.15, -0.1) is 0 Å². The average molecular weight is 473 g/mol. The molecule has 0 aromatic heterocycles. The maximum Gasteiger partial charge on any atom is 0.303 e. The van der Waals surface area contributed by atoms with Crippen LogP contribution in [0.4, 0.5) is 0 Å². The number of fused-ring (bicyclic) bond motifs is 3. The molecule has 0 bridgehead atoms. The van der Waals surface area contributed by atoms with Crippen LogP contribution in [0.1, 0.15) is 126 Å². The Balaban J connectivity index is 1.75. The van der Waals surface area contributed by atoms with E-state index < -0.39 is 5.97 Å². The summed E-state index contributed by atoms with van der Waals surface area (Å²) in [6.07, 6.45) is 15.3. The summed E-state index contributed by atoms with van der Waals surface area (Å²) in [5.41, 5.74) is 2.51. The monoisotopic (exact) mass is 472 g/mol. The van der Waals surface area contributed by atoms with Crippen molar-refractivity contribution in [3.63, 3.8) is 0 Å². The minimum atomic E-state index is -0.663. The van der Waals surface area contributed by atoms with Crippen molar-refractivity contribution in [2.24, 2.45) is 44.8 Å². The van der Waals surface area contributed by atoms with Crippen LogP contribution in [0.15, 0.2) is 11.6 Å². The van der Waals surface area contributed by atoms with Crippen LogP contribution in [0.2, 0.25) is 0 Å². The molecular weight excluding hydrogens is 420 g/mol. The predicted molar refractivity (Wildman–Crippen MR) is 139 cm³/mol. The fourth-order valence-electron chi connectivity index (χ4n) is 10.1. The number of allylic oxidation sites excluding steroid dienone is 2. The summed E-state index contributed by atoms with van der Waals surface area (Å²) >= 11 is 0. The molecule has 0 unspecified atom stereocenters. The lowest BCUT2D eigenvalue weighted by Gasteiger charge is -2.69. The maximum atomic E-state index is 11.5. The molecule has 34 heavy (non-hydrogen) atoms. The van der Waals surface area contributed by atoms with E-state index in [-0.39, 0.29) is 34.2 Å². The van der Waals surface area contributed by atoms with E-state index in [0.717, 1.165) is 32.1 Å². The summed E-state index contributed by atoms with van der Waals surface area (Å²) in [6, 6.07) is 0. The van der Waals surface area contributed by atoms with Crippen molar-refractivity contribution < 1.29 is 15.0 Å². The minimum Gasteiger partial charge on any atom is -0.481 e. The van der Waals surface area contributed by atoms with Gasteiger partial charge in [-0.3, -0.25) is 4.79 Å². The number of aliphatic carboxylic acids is 1. The first-order valence-corrected chi connectivity index (χ1v) is 14.3. The van der Waals surface area contributed by atoms with E-state index in [1.807, 2.05) is 0 Å². The molecule has 7 atom stereocenters. The molecule has 0 heterocycles. The number of hydrogen-bond donors (Lipinski definition) is 2. The first kappa shape index (κ1) is 26.2. The molecule has 0 aromatic rings. The smallest absolute Gasteiger partial charge is 0.303 e. The van der Waals surface area contributed by atoms with Crippen molar-refractivity contribution in [2.75, 3.05) is 0 Å². The molecule has 0 spiro atoms. The fraction of sp³-hybridized carbons (Fsp3) is 0.903. The molecule has 4 aliphatic rings. The van der Waals surface area contributed by atoms with Crippen LogP contribution in [0.3, 0.4) is 0 Å². The van der Waals surface area contributed by atoms with Gasteiger partial charge in [-0.1, -0.05) is 66.5 Å². The number of aliphatic hydroxyl groups is 1. The van der Waals surface area contributed by atoms with Gasteiger partial charge in [-0.25, -0.2) is 0 Å². The summed E-state index contributed by atoms with van der Waals surface area (Å²) in [4.78, 5) is 11.5. The Morgan fingerprint density at radius 3 is 2.32 bits per heavy atom. The molecule has 3 heteroatoms. The number of carboxylic acid groups (broad SMARTS) is 1. The second-order valence-corrected chi connectivity index (χ2v) is 14.9. The van der Waals surface area contributed by atoms with Crippen LogP contribution >= 0.6 is 0 Å². The topological polar surface area (TPSA) is 57.5 Å². The van der Waals surface area contributed by atoms with E-state index in [2.05, 4.69) is 54.5 Å². The summed E-state index contributed by atoms with van der Waals surface area (Å²) in [6.45, 7) is 17.2. The van der Waals surface area contributed by atoms with Gasteiger partial charge in [-0.2, -0.15) is 0 Å². The first-order chi connectivity index (χ1) is 15.7. The van der Waals surface area contributed by atoms with Crippen LogP contribution in [0.5, 0.6) is 0 Å². The molecule has 3 nitrogen and oxygen atoms in total. The molecule has 0 aromatic carbocycles. The summed E-state index contributed by atoms with van der Waals surface area (Å²) in [7, 11) is 0. The third-order valence-corrected chi connectivity index (χ3v) is 12.2. The Labute approximate surface area is 209 Å². The molecule has 0 saturated heterocycles. The van der Waals surface area contributed by atoms with Crippen molar-refractivity contribution in [3.05, 3.63) is 11.6 Å². The highest BCUT2D eigenvalue weighted by molar-refractivity contribution is 5.66. The van der Waals surface area contributed by atoms with Gasteiger partial charge in [0.2, 0.25) is 0 Å². The highest BCUT2D eigenvalue weighted by Crippen LogP contribution is 2.72. The molecule has 194 valence electrons. The Morgan fingerprint density at radius 2 is 1.68 bits per heavy atom. The van der Waals surface area contributed by atoms with Crippen LogP contribution in [-0.4, -0.2) is 22.3 Å². The van der Waals surface area contributed by atoms with Gasteiger partial charge in [0.25, 0.3) is 0 Å². The average Bonchev–Trinajstić information content (AvgIpc) is 2.71. The van der Waals surface area contributed by atoms with Crippen molar-refractivity contribution in [3.8, 4) is 0 Å². The Morgan fingerprint density at radius 1 is 0.971 bits per heavy atom. The van der Waals surface area contributed by atoms with E-state index in [9.17, 15) is 15.0 Å². The number of rotatable bonds is 5. The number of carbonyl (C=O) groups is 1. The van der Waals surface area contributed by atoms with Crippen LogP contribution in [0, 0.1) is 44.8 Å². The van der Waals surface area contributed by atoms with Gasteiger partial charge in [0, 0.05) is 6.42 Å². The van der Waals surface area contributed by atoms with Gasteiger partial charge in [0.05, 0.1) is 6.10 Å². The molecular formula is C31H52O3. The van der Waals surface area contributed by atoms with E-state index in [1.165, 1.54) is 38.5 Å². The van der Waals surface area contributed by atoms with Gasteiger partial charge < -0.3 is 10.2 Å². The van der Waals surface area contributed by atoms with Crippen molar-refractivity contribution >= 4 is 5.97 Å². The lowest BCUT2D eigenvalue weighted by Crippen LogP contribution is -2.63. The SMILES string of the molecule is CC1(C)CCC[C@@H](C2=CC[C@@H]3[C@@]4(C)CC[C@H](O)C(C)(C)[C@@H]4CC[C@@]3(C)[C@]2(C)CCCC(=O)O)C1. The molecule has 3 fully saturated rings. The lowest BCUT2D eigenvalue weighted by molar-refractivity contribution is -0.196. The second-order valence-electron chi connectivity index (χ2n) is 14.9. The molecule has 0 aliphatic heterocycles. The van der Waals surface area contributed by atoms with E-state index >= 15 is 0 Å². The zero-order valence-electron chi connectivity index (χ0n) is 23.2. The quantitative estimate of drug-likeness (QED) is 0.398. The van der Waals surface area contributed by atoms with Crippen molar-refractivity contribution in [1.82, 2.24) is 0 Å². The van der Waals surface area contributed by atoms with Crippen molar-refractivity contribution in [2.45, 2.75) is 132 Å². The normalized spacial score (nSPS) is 45.6. The van der Waals surface area contributed by atoms with Gasteiger partial charge in [0.1, 0.15) is 0 Å². The molecule has 4 aliphatic carbocycles. The third kappa shape index (κ3) is 4.00. The highest BCUT2D eigenvalue weighted by atomic mass is 16.4. The summed E-state index contributed by atoms with van der Waals surface area (Å²) in [5.74, 6) is 1.13. The zero-order chi connectivity index (χ0) is 25.2. The van der Waals surface area contributed by atoms with Gasteiger partial charge in [-0.05, 0) is 109 Å². The molecule has 4 rings (SSSR count). The Hall–Kier alpha value is -0.830. The van der Waals surface area contributed by atoms with E-state index in [0.29, 0.717) is 23.2 Å². The predicted octanol–water partition coefficient (Wildman–Crippen LogP) is 8.01. The summed E-state index contributed by atoms with van der Waals surface area (Å²) < 4.78 is 0. The minimum absolute atomic E-state index is 0.0363. The number of aliphatic hydroxyl groups excluding tert-OH is 1. The molecule has 2 N–H and O–H groups in total. The van der Waals surface area contributed by atoms with Crippen LogP contribution in [-0.2, 0) is 4.79 Å². The van der Waals surface area contributed by atoms with Gasteiger partial charge in [0.15, 0.2) is 0 Å². The first-order valence-electron chi connectivity index (χ1n) is 14.3. The third-order valence-electron chi connectivity index (χ3n) is 12.2. The second kappa shape index (κ2) is 8.63. The summed E-state index contributed by atoms with van der Waals surface area (Å²) in [5, 5.41) is 20.4. The van der Waals surface area contributed by atoms with Gasteiger partial charge >= 0.3 is 5.97 Å². The largest absolute Gasteiger partial charge is 0.481 e. The maximum absolute atomic E-state index is 11.5. The lowest BCUT2D eigenvalue weighted by atomic mass is 9.35. The van der Waals surface area contributed by atoms with Crippen molar-refractivity contribution in [1.29, 1.82) is 0 Å². The number of hydrogen-bond acceptors (Lipinski definition) is 2. The van der Waals surface area contributed by atoms with E-state index in [4.69, 9.17) is 0 Å². The van der Waals surface area contributed by atoms with Crippen LogP contribution < -0.4 is 0 Å². The zero-order valence-corrected chi connectivity index (χ0v) is 23.2. The standard InChI is InChI=1S/C31H52O3/c1-27(2)16-8-10-21(20-27)22-12-13-24-29(5)18-15-25(32)28(3,4)23(29)14-19-31(24,7)30(22,6)17-9-11-26(33)34/h12,21,23-25,32H,8-11,13-20H2,1-7H3,(H,33,34)/t21-,23+,24-,25+,29+,30-,31-/m1/s1. The molecule has 3 saturated carbocycles. The highest BCUT2D eigenvalue weighted by Gasteiger charge is 2.65. The number of carboxylic acids is 1. The molecule has 0 amide bonds. The molecule has 0 radical (unpaired) electrons.